The van der Waals surface area contributed by atoms with Crippen molar-refractivity contribution in [3.8, 4) is 6.07 Å². The quantitative estimate of drug-likeness (QED) is 0.774. The Kier molecular flexibility index (Phi) is 5.03. The highest BCUT2D eigenvalue weighted by Gasteiger charge is 2.33. The van der Waals surface area contributed by atoms with E-state index in [0.717, 1.165) is 4.40 Å². The van der Waals surface area contributed by atoms with Gasteiger partial charge in [-0.2, -0.15) is 18.4 Å². The number of aromatic nitrogens is 3. The van der Waals surface area contributed by atoms with Gasteiger partial charge in [0.2, 0.25) is 9.84 Å². The molecule has 0 saturated heterocycles. The molecule has 2 aromatic rings. The van der Waals surface area contributed by atoms with Crippen LogP contribution in [0.2, 0.25) is 5.02 Å². The van der Waals surface area contributed by atoms with E-state index < -0.39 is 32.1 Å². The van der Waals surface area contributed by atoms with Crippen LogP contribution in [0, 0.1) is 16.7 Å². The third kappa shape index (κ3) is 4.22. The van der Waals surface area contributed by atoms with Gasteiger partial charge in [0.15, 0.2) is 5.65 Å². The van der Waals surface area contributed by atoms with E-state index in [-0.39, 0.29) is 22.8 Å². The van der Waals surface area contributed by atoms with Crippen LogP contribution in [-0.2, 0) is 16.0 Å². The molecule has 25 heavy (non-hydrogen) atoms. The van der Waals surface area contributed by atoms with Crippen molar-refractivity contribution in [1.82, 2.24) is 14.6 Å². The van der Waals surface area contributed by atoms with Crippen LogP contribution in [0.25, 0.3) is 5.65 Å². The number of nitriles is 1. The van der Waals surface area contributed by atoms with Gasteiger partial charge in [-0.1, -0.05) is 11.6 Å². The number of nitrogens with zero attached hydrogens (tertiary/aromatic N) is 4. The van der Waals surface area contributed by atoms with Crippen LogP contribution in [0.4, 0.5) is 13.2 Å². The van der Waals surface area contributed by atoms with Crippen LogP contribution in [0.15, 0.2) is 17.4 Å². The first-order chi connectivity index (χ1) is 11.4. The monoisotopic (exact) mass is 394 g/mol. The standard InChI is InChI=1S/C14H14ClF3N4O2S/c1-13(2,8-19)4-3-5-25(23,24)12-21-20-11-10(15)6-9(7-22(11)12)14(16,17)18/h6-7H,3-5H2,1-2H3. The Labute approximate surface area is 147 Å². The maximum atomic E-state index is 12.9. The van der Waals surface area contributed by atoms with Crippen molar-refractivity contribution in [2.45, 2.75) is 38.0 Å². The van der Waals surface area contributed by atoms with E-state index in [1.807, 2.05) is 0 Å². The molecule has 136 valence electrons. The Balaban J connectivity index is 2.40. The van der Waals surface area contributed by atoms with Gasteiger partial charge in [-0.3, -0.25) is 4.40 Å². The maximum absolute atomic E-state index is 12.9. The second-order valence-corrected chi connectivity index (χ2v) is 8.58. The molecule has 2 rings (SSSR count). The van der Waals surface area contributed by atoms with E-state index in [2.05, 4.69) is 16.3 Å². The largest absolute Gasteiger partial charge is 0.417 e. The smallest absolute Gasteiger partial charge is 0.271 e. The Bertz CT molecular complexity index is 945. The molecule has 0 N–H and O–H groups in total. The zero-order valence-electron chi connectivity index (χ0n) is 13.3. The molecule has 0 unspecified atom stereocenters. The second kappa shape index (κ2) is 6.46. The first-order valence-electron chi connectivity index (χ1n) is 7.13. The number of sulfone groups is 1. The zero-order valence-corrected chi connectivity index (χ0v) is 14.9. The summed E-state index contributed by atoms with van der Waals surface area (Å²) >= 11 is 5.76. The molecule has 2 aromatic heterocycles. The summed E-state index contributed by atoms with van der Waals surface area (Å²) in [5.74, 6) is -0.368. The molecule has 0 amide bonds. The fourth-order valence-electron chi connectivity index (χ4n) is 2.15. The molecule has 0 fully saturated rings. The summed E-state index contributed by atoms with van der Waals surface area (Å²) < 4.78 is 64.3. The molecule has 0 saturated carbocycles. The Hall–Kier alpha value is -1.86. The van der Waals surface area contributed by atoms with E-state index in [9.17, 15) is 21.6 Å². The average Bonchev–Trinajstić information content (AvgIpc) is 2.91. The topological polar surface area (TPSA) is 88.1 Å². The second-order valence-electron chi connectivity index (χ2n) is 6.17. The maximum Gasteiger partial charge on any atom is 0.417 e. The molecule has 6 nitrogen and oxygen atoms in total. The SMILES string of the molecule is CC(C)(C#N)CCCS(=O)(=O)c1nnc2c(Cl)cc(C(F)(F)F)cn12. The lowest BCUT2D eigenvalue weighted by molar-refractivity contribution is -0.137. The van der Waals surface area contributed by atoms with Gasteiger partial charge in [-0.25, -0.2) is 8.42 Å². The van der Waals surface area contributed by atoms with Gasteiger partial charge in [-0.05, 0) is 32.8 Å². The number of rotatable bonds is 5. The number of alkyl halides is 3. The fraction of sp³-hybridized carbons (Fsp3) is 0.500. The van der Waals surface area contributed by atoms with Crippen LogP contribution in [0.3, 0.4) is 0 Å². The number of halogens is 4. The van der Waals surface area contributed by atoms with E-state index >= 15 is 0 Å². The van der Waals surface area contributed by atoms with E-state index in [0.29, 0.717) is 18.7 Å². The van der Waals surface area contributed by atoms with Gasteiger partial charge in [0.05, 0.1) is 27.8 Å². The third-order valence-electron chi connectivity index (χ3n) is 3.55. The predicted molar refractivity (Wildman–Crippen MR) is 83.7 cm³/mol. The third-order valence-corrected chi connectivity index (χ3v) is 5.49. The van der Waals surface area contributed by atoms with Crippen LogP contribution >= 0.6 is 11.6 Å². The zero-order chi connectivity index (χ0) is 19.0. The summed E-state index contributed by atoms with van der Waals surface area (Å²) in [7, 11) is -4.00. The molecule has 0 aromatic carbocycles. The predicted octanol–water partition coefficient (Wildman–Crippen LogP) is 3.51. The lowest BCUT2D eigenvalue weighted by Gasteiger charge is -2.14. The van der Waals surface area contributed by atoms with Gasteiger partial charge in [0.25, 0.3) is 5.16 Å². The summed E-state index contributed by atoms with van der Waals surface area (Å²) in [6.07, 6.45) is -3.62. The minimum Gasteiger partial charge on any atom is -0.271 e. The highest BCUT2D eigenvalue weighted by Crippen LogP contribution is 2.33. The van der Waals surface area contributed by atoms with Gasteiger partial charge < -0.3 is 0 Å². The fourth-order valence-corrected chi connectivity index (χ4v) is 3.71. The molecular weight excluding hydrogens is 381 g/mol. The van der Waals surface area contributed by atoms with Crippen molar-refractivity contribution in [2.75, 3.05) is 5.75 Å². The van der Waals surface area contributed by atoms with Gasteiger partial charge in [0.1, 0.15) is 0 Å². The van der Waals surface area contributed by atoms with E-state index in [4.69, 9.17) is 16.9 Å². The highest BCUT2D eigenvalue weighted by atomic mass is 35.5. The summed E-state index contributed by atoms with van der Waals surface area (Å²) in [5, 5.41) is 15.0. The summed E-state index contributed by atoms with van der Waals surface area (Å²) in [6.45, 7) is 3.34. The Morgan fingerprint density at radius 3 is 2.52 bits per heavy atom. The van der Waals surface area contributed by atoms with Crippen LogP contribution in [0.5, 0.6) is 0 Å². The normalized spacial score (nSPS) is 13.2. The molecule has 0 atom stereocenters. The van der Waals surface area contributed by atoms with Crippen molar-refractivity contribution in [3.63, 3.8) is 0 Å². The molecule has 0 aliphatic heterocycles. The molecule has 0 spiro atoms. The molecule has 0 aliphatic rings. The molecule has 0 aliphatic carbocycles. The number of hydrogen-bond donors (Lipinski definition) is 0. The number of pyridine rings is 1. The van der Waals surface area contributed by atoms with Gasteiger partial charge >= 0.3 is 6.18 Å². The first kappa shape index (κ1) is 19.5. The van der Waals surface area contributed by atoms with Crippen LogP contribution < -0.4 is 0 Å². The van der Waals surface area contributed by atoms with Crippen molar-refractivity contribution in [1.29, 1.82) is 5.26 Å². The minimum atomic E-state index is -4.69. The lowest BCUT2D eigenvalue weighted by atomic mass is 9.90. The molecule has 0 radical (unpaired) electrons. The van der Waals surface area contributed by atoms with Crippen molar-refractivity contribution < 1.29 is 21.6 Å². The molecular formula is C14H14ClF3N4O2S. The molecule has 2 heterocycles. The van der Waals surface area contributed by atoms with Gasteiger partial charge in [0, 0.05) is 6.20 Å². The van der Waals surface area contributed by atoms with Crippen LogP contribution in [0.1, 0.15) is 32.3 Å². The van der Waals surface area contributed by atoms with Gasteiger partial charge in [-0.15, -0.1) is 10.2 Å². The van der Waals surface area contributed by atoms with E-state index in [1.54, 1.807) is 13.8 Å². The number of fused-ring (bicyclic) bond motifs is 1. The summed E-state index contributed by atoms with van der Waals surface area (Å²) in [5.41, 5.74) is -1.98. The Morgan fingerprint density at radius 2 is 1.96 bits per heavy atom. The Morgan fingerprint density at radius 1 is 1.32 bits per heavy atom. The van der Waals surface area contributed by atoms with Crippen molar-refractivity contribution in [2.24, 2.45) is 5.41 Å². The first-order valence-corrected chi connectivity index (χ1v) is 9.16. The summed E-state index contributed by atoms with van der Waals surface area (Å²) in [6, 6.07) is 2.72. The number of hydrogen-bond acceptors (Lipinski definition) is 5. The van der Waals surface area contributed by atoms with E-state index in [1.165, 1.54) is 0 Å². The lowest BCUT2D eigenvalue weighted by Crippen LogP contribution is -2.15. The minimum absolute atomic E-state index is 0.157. The molecule has 11 heteroatoms. The highest BCUT2D eigenvalue weighted by molar-refractivity contribution is 7.91. The van der Waals surface area contributed by atoms with Crippen LogP contribution in [-0.4, -0.2) is 28.8 Å². The molecule has 0 bridgehead atoms. The van der Waals surface area contributed by atoms with Crippen molar-refractivity contribution >= 4 is 27.1 Å². The average molecular weight is 395 g/mol. The van der Waals surface area contributed by atoms with Crippen molar-refractivity contribution in [3.05, 3.63) is 22.8 Å². The summed E-state index contributed by atoms with van der Waals surface area (Å²) in [4.78, 5) is 0.